The van der Waals surface area contributed by atoms with Crippen LogP contribution >= 0.6 is 0 Å². The van der Waals surface area contributed by atoms with Gasteiger partial charge in [0.1, 0.15) is 5.82 Å². The Bertz CT molecular complexity index is 1280. The Hall–Kier alpha value is -3.82. The van der Waals surface area contributed by atoms with E-state index in [0.717, 1.165) is 16.4 Å². The number of nitrogens with two attached hydrogens (primary N) is 1. The van der Waals surface area contributed by atoms with Gasteiger partial charge in [0.05, 0.1) is 18.3 Å². The second-order valence-electron chi connectivity index (χ2n) is 9.23. The molecule has 0 radical (unpaired) electrons. The molecule has 40 heavy (non-hydrogen) atoms. The number of ether oxygens (including phenoxy) is 3. The van der Waals surface area contributed by atoms with E-state index in [1.54, 1.807) is 0 Å². The third-order valence-electron chi connectivity index (χ3n) is 5.68. The summed E-state index contributed by atoms with van der Waals surface area (Å²) in [4.78, 5) is 41.7. The first-order chi connectivity index (χ1) is 18.6. The van der Waals surface area contributed by atoms with E-state index in [4.69, 9.17) is 19.9 Å². The summed E-state index contributed by atoms with van der Waals surface area (Å²) in [5, 5.41) is 0. The first-order valence-electron chi connectivity index (χ1n) is 12.0. The Morgan fingerprint density at radius 3 is 2.27 bits per heavy atom. The molecule has 1 aliphatic rings. The maximum atomic E-state index is 13.9. The van der Waals surface area contributed by atoms with E-state index >= 15 is 0 Å². The molecule has 1 unspecified atom stereocenters. The number of imidazole rings is 1. The molecule has 0 bridgehead atoms. The number of carbonyl (C=O) groups is 3. The van der Waals surface area contributed by atoms with E-state index in [1.165, 1.54) is 13.8 Å². The van der Waals surface area contributed by atoms with E-state index in [-0.39, 0.29) is 30.8 Å². The van der Waals surface area contributed by atoms with Crippen molar-refractivity contribution in [1.82, 2.24) is 14.5 Å². The highest BCUT2D eigenvalue weighted by atomic mass is 19.4. The van der Waals surface area contributed by atoms with Gasteiger partial charge in [-0.25, -0.2) is 27.7 Å². The van der Waals surface area contributed by atoms with Crippen molar-refractivity contribution >= 4 is 18.0 Å². The number of hydrogen-bond donors (Lipinski definition) is 1. The van der Waals surface area contributed by atoms with Crippen molar-refractivity contribution in [1.29, 1.82) is 0 Å². The highest BCUT2D eigenvalue weighted by molar-refractivity contribution is 5.89. The largest absolute Gasteiger partial charge is 0.511 e. The van der Waals surface area contributed by atoms with Crippen molar-refractivity contribution in [2.75, 3.05) is 6.54 Å². The van der Waals surface area contributed by atoms with Gasteiger partial charge >= 0.3 is 18.3 Å². The van der Waals surface area contributed by atoms with Crippen molar-refractivity contribution < 1.29 is 54.9 Å². The summed E-state index contributed by atoms with van der Waals surface area (Å²) in [6.07, 6.45) is -8.94. The van der Waals surface area contributed by atoms with Gasteiger partial charge in [-0.15, -0.1) is 0 Å². The fourth-order valence-electron chi connectivity index (χ4n) is 3.98. The Morgan fingerprint density at radius 1 is 1.00 bits per heavy atom. The molecule has 2 heterocycles. The van der Waals surface area contributed by atoms with E-state index in [2.05, 4.69) is 4.98 Å². The second kappa shape index (κ2) is 12.1. The van der Waals surface area contributed by atoms with Crippen LogP contribution in [0.1, 0.15) is 54.8 Å². The van der Waals surface area contributed by atoms with Crippen molar-refractivity contribution in [2.45, 2.75) is 71.3 Å². The van der Waals surface area contributed by atoms with Crippen LogP contribution in [0.2, 0.25) is 0 Å². The predicted molar refractivity (Wildman–Crippen MR) is 123 cm³/mol. The molecule has 10 nitrogen and oxygen atoms in total. The van der Waals surface area contributed by atoms with Crippen LogP contribution in [-0.2, 0) is 44.7 Å². The van der Waals surface area contributed by atoms with E-state index in [0.29, 0.717) is 12.1 Å². The monoisotopic (exact) mass is 580 g/mol. The first kappa shape index (κ1) is 30.7. The minimum atomic E-state index is -4.94. The second-order valence-corrected chi connectivity index (χ2v) is 9.23. The number of fused-ring (bicyclic) bond motifs is 1. The molecule has 1 aromatic heterocycles. The Labute approximate surface area is 224 Å². The maximum absolute atomic E-state index is 13.9. The molecule has 0 saturated carbocycles. The van der Waals surface area contributed by atoms with Crippen LogP contribution in [0.4, 0.5) is 31.1 Å². The number of carbonyl (C=O) groups excluding carboxylic acids is 3. The molecule has 1 amide bonds. The van der Waals surface area contributed by atoms with Crippen molar-refractivity contribution in [3.05, 3.63) is 52.4 Å². The van der Waals surface area contributed by atoms with Gasteiger partial charge in [0.15, 0.2) is 17.3 Å². The average Bonchev–Trinajstić information content (AvgIpc) is 3.21. The molecule has 0 fully saturated rings. The summed E-state index contributed by atoms with van der Waals surface area (Å²) in [5.74, 6) is -7.12. The third kappa shape index (κ3) is 7.43. The van der Waals surface area contributed by atoms with Gasteiger partial charge in [0.25, 0.3) is 0 Å². The van der Waals surface area contributed by atoms with E-state index in [1.807, 2.05) is 0 Å². The van der Waals surface area contributed by atoms with Gasteiger partial charge in [-0.05, 0) is 31.9 Å². The fourth-order valence-corrected chi connectivity index (χ4v) is 3.98. The molecule has 3 rings (SSSR count). The van der Waals surface area contributed by atoms with Gasteiger partial charge in [-0.1, -0.05) is 0 Å². The van der Waals surface area contributed by atoms with Crippen LogP contribution in [0.15, 0.2) is 12.1 Å². The van der Waals surface area contributed by atoms with Crippen LogP contribution in [0.5, 0.6) is 0 Å². The number of alkyl halides is 3. The number of aromatic nitrogens is 2. The molecular weight excluding hydrogens is 554 g/mol. The molecule has 220 valence electrons. The minimum Gasteiger partial charge on any atom is -0.431 e. The number of halogens is 6. The van der Waals surface area contributed by atoms with Gasteiger partial charge in [-0.2, -0.15) is 13.2 Å². The number of amides is 1. The summed E-state index contributed by atoms with van der Waals surface area (Å²) in [6.45, 7) is 3.15. The zero-order chi connectivity index (χ0) is 29.9. The summed E-state index contributed by atoms with van der Waals surface area (Å²) >= 11 is 0. The lowest BCUT2D eigenvalue weighted by atomic mass is 10.0. The van der Waals surface area contributed by atoms with Crippen LogP contribution < -0.4 is 5.73 Å². The lowest BCUT2D eigenvalue weighted by molar-refractivity contribution is -0.148. The van der Waals surface area contributed by atoms with Crippen LogP contribution in [-0.4, -0.2) is 57.5 Å². The summed E-state index contributed by atoms with van der Waals surface area (Å²) in [7, 11) is 0. The predicted octanol–water partition coefficient (Wildman–Crippen LogP) is 3.69. The zero-order valence-corrected chi connectivity index (χ0v) is 21.6. The number of rotatable bonds is 8. The summed E-state index contributed by atoms with van der Waals surface area (Å²) in [5.41, 5.74) is 4.62. The minimum absolute atomic E-state index is 0.202. The van der Waals surface area contributed by atoms with E-state index < -0.39 is 84.6 Å². The molecule has 1 aromatic carbocycles. The first-order valence-corrected chi connectivity index (χ1v) is 12.0. The lowest BCUT2D eigenvalue weighted by Crippen LogP contribution is -2.42. The smallest absolute Gasteiger partial charge is 0.431 e. The van der Waals surface area contributed by atoms with Crippen molar-refractivity contribution in [3.63, 3.8) is 0 Å². The van der Waals surface area contributed by atoms with Crippen molar-refractivity contribution in [3.8, 4) is 0 Å². The SMILES string of the molecule is CC(C)OC(=O)OC(C)OC(=O)c1nc(C(F)(F)F)n2c1CN(C(=O)C[C@H](N)Cc1cc(F)c(F)cc1F)CC2. The number of esters is 1. The average molecular weight is 580 g/mol. The summed E-state index contributed by atoms with van der Waals surface area (Å²) in [6, 6.07) is -0.0706. The Balaban J connectivity index is 1.75. The molecule has 2 atom stereocenters. The van der Waals surface area contributed by atoms with Gasteiger partial charge < -0.3 is 29.4 Å². The molecule has 2 aromatic rings. The van der Waals surface area contributed by atoms with Crippen molar-refractivity contribution in [2.24, 2.45) is 5.73 Å². The zero-order valence-electron chi connectivity index (χ0n) is 21.6. The quantitative estimate of drug-likeness (QED) is 0.217. The molecule has 1 aliphatic heterocycles. The van der Waals surface area contributed by atoms with Gasteiger partial charge in [0.2, 0.25) is 18.0 Å². The molecule has 16 heteroatoms. The van der Waals surface area contributed by atoms with Gasteiger partial charge in [-0.3, -0.25) is 4.79 Å². The molecular formula is C24H26F6N4O6. The topological polar surface area (TPSA) is 126 Å². The molecule has 0 spiro atoms. The van der Waals surface area contributed by atoms with Crippen LogP contribution in [0, 0.1) is 17.5 Å². The summed E-state index contributed by atoms with van der Waals surface area (Å²) < 4.78 is 96.6. The normalized spacial score (nSPS) is 14.9. The fraction of sp³-hybridized carbons (Fsp3) is 0.500. The molecule has 0 saturated heterocycles. The molecule has 0 aliphatic carbocycles. The Kier molecular flexibility index (Phi) is 9.32. The van der Waals surface area contributed by atoms with Crippen LogP contribution in [0.25, 0.3) is 0 Å². The number of benzene rings is 1. The third-order valence-corrected chi connectivity index (χ3v) is 5.68. The van der Waals surface area contributed by atoms with E-state index in [9.17, 15) is 40.7 Å². The molecule has 2 N–H and O–H groups in total. The van der Waals surface area contributed by atoms with Gasteiger partial charge in [0, 0.05) is 38.5 Å². The Morgan fingerprint density at radius 2 is 1.65 bits per heavy atom. The van der Waals surface area contributed by atoms with Crippen LogP contribution in [0.3, 0.4) is 0 Å². The number of hydrogen-bond acceptors (Lipinski definition) is 8. The highest BCUT2D eigenvalue weighted by Gasteiger charge is 2.42. The highest BCUT2D eigenvalue weighted by Crippen LogP contribution is 2.33. The lowest BCUT2D eigenvalue weighted by Gasteiger charge is -2.30. The standard InChI is InChI=1S/C24H26F6N4O6/c1-11(2)38-23(37)40-12(3)39-21(36)20-18-10-33(4-5-34(18)22(32-20)24(28,29)30)19(35)8-14(31)6-13-7-16(26)17(27)9-15(13)25/h7,9,11-12,14H,4-6,8,10,31H2,1-3H3/t12?,14-/m1/s1. The maximum Gasteiger partial charge on any atom is 0.511 e. The number of nitrogens with zero attached hydrogens (tertiary/aromatic N) is 3.